The van der Waals surface area contributed by atoms with Gasteiger partial charge in [0, 0.05) is 11.1 Å². The zero-order valence-electron chi connectivity index (χ0n) is 15.9. The summed E-state index contributed by atoms with van der Waals surface area (Å²) in [6.45, 7) is 0. The lowest BCUT2D eigenvalue weighted by Gasteiger charge is -2.22. The Labute approximate surface area is 172 Å². The fraction of sp³-hybridized carbons (Fsp3) is 0.150. The van der Waals surface area contributed by atoms with Gasteiger partial charge in [0.05, 0.1) is 6.42 Å². The van der Waals surface area contributed by atoms with E-state index in [9.17, 15) is 19.2 Å². The van der Waals surface area contributed by atoms with E-state index in [1.807, 2.05) is 0 Å². The van der Waals surface area contributed by atoms with Gasteiger partial charge < -0.3 is 27.8 Å². The lowest BCUT2D eigenvalue weighted by atomic mass is 10.0. The maximum absolute atomic E-state index is 12.8. The number of carbonyl (C=O) groups is 4. The van der Waals surface area contributed by atoms with Crippen molar-refractivity contribution >= 4 is 29.5 Å². The number of amides is 4. The van der Waals surface area contributed by atoms with Gasteiger partial charge in [-0.1, -0.05) is 42.5 Å². The van der Waals surface area contributed by atoms with Crippen LogP contribution in [0.1, 0.15) is 33.9 Å². The molecule has 0 aliphatic carbocycles. The average Bonchev–Trinajstić information content (AvgIpc) is 2.71. The van der Waals surface area contributed by atoms with Crippen molar-refractivity contribution < 1.29 is 19.2 Å². The lowest BCUT2D eigenvalue weighted by Crippen LogP contribution is -2.50. The van der Waals surface area contributed by atoms with Gasteiger partial charge in [-0.15, -0.1) is 0 Å². The Hall–Kier alpha value is -4.21. The topological polar surface area (TPSA) is 194 Å². The molecular weight excluding hydrogens is 388 g/mol. The highest BCUT2D eigenvalue weighted by atomic mass is 16.2. The molecule has 10 nitrogen and oxygen atoms in total. The van der Waals surface area contributed by atoms with Crippen molar-refractivity contribution in [3.05, 3.63) is 71.3 Å². The molecule has 0 aliphatic rings. The summed E-state index contributed by atoms with van der Waals surface area (Å²) in [4.78, 5) is 48.3. The Morgan fingerprint density at radius 2 is 1.50 bits per heavy atom. The molecule has 9 N–H and O–H groups in total. The standard InChI is InChI=1S/C20H22N6O4/c21-15(27)10-14(18(24)28)25-20(30)16(11-5-2-1-3-6-11)26-19(29)13-8-4-7-12(9-13)17(22)23/h1-9,14,16H,10H2,(H2,21,27)(H3,22,23)(H2,24,28)(H,25,30)(H,26,29)/t14-,16-/m1/s1. The summed E-state index contributed by atoms with van der Waals surface area (Å²) < 4.78 is 0. The number of amidine groups is 1. The normalized spacial score (nSPS) is 12.3. The van der Waals surface area contributed by atoms with Gasteiger partial charge in [-0.05, 0) is 17.7 Å². The second-order valence-electron chi connectivity index (χ2n) is 6.45. The van der Waals surface area contributed by atoms with Gasteiger partial charge in [-0.2, -0.15) is 0 Å². The first-order valence-electron chi connectivity index (χ1n) is 8.87. The van der Waals surface area contributed by atoms with E-state index in [-0.39, 0.29) is 11.4 Å². The van der Waals surface area contributed by atoms with Crippen molar-refractivity contribution in [3.63, 3.8) is 0 Å². The van der Waals surface area contributed by atoms with Gasteiger partial charge in [0.25, 0.3) is 5.91 Å². The van der Waals surface area contributed by atoms with Crippen LogP contribution >= 0.6 is 0 Å². The zero-order valence-corrected chi connectivity index (χ0v) is 15.9. The SMILES string of the molecule is N=C(N)c1cccc(C(=O)N[C@@H](C(=O)N[C@H](CC(N)=O)C(N)=O)c2ccccc2)c1. The summed E-state index contributed by atoms with van der Waals surface area (Å²) in [5, 5.41) is 12.4. The molecule has 156 valence electrons. The minimum Gasteiger partial charge on any atom is -0.384 e. The molecule has 0 aliphatic heterocycles. The van der Waals surface area contributed by atoms with Crippen molar-refractivity contribution in [2.45, 2.75) is 18.5 Å². The van der Waals surface area contributed by atoms with E-state index in [4.69, 9.17) is 22.6 Å². The van der Waals surface area contributed by atoms with Crippen molar-refractivity contribution in [1.29, 1.82) is 5.41 Å². The van der Waals surface area contributed by atoms with Gasteiger partial charge in [-0.25, -0.2) is 0 Å². The summed E-state index contributed by atoms with van der Waals surface area (Å²) in [6, 6.07) is 11.8. The third kappa shape index (κ3) is 5.89. The molecule has 0 heterocycles. The molecule has 2 rings (SSSR count). The van der Waals surface area contributed by atoms with Crippen molar-refractivity contribution in [2.75, 3.05) is 0 Å². The maximum Gasteiger partial charge on any atom is 0.252 e. The van der Waals surface area contributed by atoms with E-state index in [1.165, 1.54) is 12.1 Å². The second kappa shape index (κ2) is 9.82. The third-order valence-electron chi connectivity index (χ3n) is 4.17. The van der Waals surface area contributed by atoms with Gasteiger partial charge in [-0.3, -0.25) is 24.6 Å². The van der Waals surface area contributed by atoms with E-state index in [0.717, 1.165) is 0 Å². The van der Waals surface area contributed by atoms with Crippen LogP contribution in [0.15, 0.2) is 54.6 Å². The second-order valence-corrected chi connectivity index (χ2v) is 6.45. The van der Waals surface area contributed by atoms with E-state index in [2.05, 4.69) is 10.6 Å². The van der Waals surface area contributed by atoms with Crippen LogP contribution in [0.25, 0.3) is 0 Å². The Balaban J connectivity index is 2.29. The number of benzene rings is 2. The highest BCUT2D eigenvalue weighted by molar-refractivity contribution is 6.02. The summed E-state index contributed by atoms with van der Waals surface area (Å²) in [7, 11) is 0. The molecule has 0 unspecified atom stereocenters. The number of hydrogen-bond acceptors (Lipinski definition) is 5. The summed E-state index contributed by atoms with van der Waals surface area (Å²) in [6.07, 6.45) is -0.475. The maximum atomic E-state index is 12.8. The van der Waals surface area contributed by atoms with Crippen LogP contribution in [0, 0.1) is 5.41 Å². The number of hydrogen-bond donors (Lipinski definition) is 6. The minimum absolute atomic E-state index is 0.181. The number of nitrogen functional groups attached to an aromatic ring is 1. The molecule has 30 heavy (non-hydrogen) atoms. The molecule has 2 aromatic rings. The molecule has 0 radical (unpaired) electrons. The molecule has 0 fully saturated rings. The Morgan fingerprint density at radius 3 is 2.07 bits per heavy atom. The van der Waals surface area contributed by atoms with Crippen molar-refractivity contribution in [1.82, 2.24) is 10.6 Å². The van der Waals surface area contributed by atoms with Crippen LogP contribution < -0.4 is 27.8 Å². The number of primary amides is 2. The Bertz CT molecular complexity index is 976. The molecule has 2 atom stereocenters. The van der Waals surface area contributed by atoms with Gasteiger partial charge in [0.1, 0.15) is 17.9 Å². The predicted molar refractivity (Wildman–Crippen MR) is 109 cm³/mol. The van der Waals surface area contributed by atoms with Crippen LogP contribution in [-0.4, -0.2) is 35.5 Å². The van der Waals surface area contributed by atoms with E-state index in [1.54, 1.807) is 42.5 Å². The van der Waals surface area contributed by atoms with Crippen LogP contribution in [0.2, 0.25) is 0 Å². The molecule has 0 saturated carbocycles. The van der Waals surface area contributed by atoms with Crippen molar-refractivity contribution in [3.8, 4) is 0 Å². The van der Waals surface area contributed by atoms with Crippen LogP contribution in [0.3, 0.4) is 0 Å². The number of rotatable bonds is 9. The first-order chi connectivity index (χ1) is 14.2. The van der Waals surface area contributed by atoms with Gasteiger partial charge in [0.15, 0.2) is 0 Å². The monoisotopic (exact) mass is 410 g/mol. The Morgan fingerprint density at radius 1 is 0.867 bits per heavy atom. The lowest BCUT2D eigenvalue weighted by molar-refractivity contribution is -0.130. The Kier molecular flexibility index (Phi) is 7.23. The fourth-order valence-electron chi connectivity index (χ4n) is 2.67. The molecule has 0 spiro atoms. The average molecular weight is 410 g/mol. The largest absolute Gasteiger partial charge is 0.384 e. The summed E-state index contributed by atoms with van der Waals surface area (Å²) in [5.41, 5.74) is 16.7. The predicted octanol–water partition coefficient (Wildman–Crippen LogP) is -0.713. The quantitative estimate of drug-likeness (QED) is 0.234. The molecule has 0 bridgehead atoms. The first-order valence-corrected chi connectivity index (χ1v) is 8.87. The minimum atomic E-state index is -1.32. The van der Waals surface area contributed by atoms with E-state index >= 15 is 0 Å². The number of nitrogens with two attached hydrogens (primary N) is 3. The van der Waals surface area contributed by atoms with Gasteiger partial charge in [0.2, 0.25) is 17.7 Å². The van der Waals surface area contributed by atoms with Crippen LogP contribution in [-0.2, 0) is 14.4 Å². The molecule has 4 amide bonds. The molecule has 0 aromatic heterocycles. The summed E-state index contributed by atoms with van der Waals surface area (Å²) >= 11 is 0. The van der Waals surface area contributed by atoms with E-state index in [0.29, 0.717) is 11.1 Å². The molecule has 0 saturated heterocycles. The first kappa shape index (κ1) is 22.1. The van der Waals surface area contributed by atoms with Crippen molar-refractivity contribution in [2.24, 2.45) is 17.2 Å². The number of carbonyl (C=O) groups excluding carboxylic acids is 4. The molecular formula is C20H22N6O4. The van der Waals surface area contributed by atoms with E-state index < -0.39 is 42.1 Å². The number of nitrogens with one attached hydrogen (secondary N) is 3. The van der Waals surface area contributed by atoms with Crippen LogP contribution in [0.4, 0.5) is 0 Å². The third-order valence-corrected chi connectivity index (χ3v) is 4.17. The van der Waals surface area contributed by atoms with Crippen LogP contribution in [0.5, 0.6) is 0 Å². The summed E-state index contributed by atoms with van der Waals surface area (Å²) in [5.74, 6) is -3.32. The smallest absolute Gasteiger partial charge is 0.252 e. The zero-order chi connectivity index (χ0) is 22.3. The highest BCUT2D eigenvalue weighted by Gasteiger charge is 2.28. The van der Waals surface area contributed by atoms with Gasteiger partial charge >= 0.3 is 0 Å². The molecule has 2 aromatic carbocycles. The highest BCUT2D eigenvalue weighted by Crippen LogP contribution is 2.15. The molecule has 10 heteroatoms. The fourth-order valence-corrected chi connectivity index (χ4v) is 2.67.